The second-order valence-corrected chi connectivity index (χ2v) is 3.05. The minimum absolute atomic E-state index is 0.0273. The Bertz CT molecular complexity index is 594. The fourth-order valence-corrected chi connectivity index (χ4v) is 1.19. The van der Waals surface area contributed by atoms with Crippen LogP contribution in [0.1, 0.15) is 10.6 Å². The monoisotopic (exact) mass is 237 g/mol. The van der Waals surface area contributed by atoms with Crippen molar-refractivity contribution in [2.24, 2.45) is 0 Å². The first-order valence-electron chi connectivity index (χ1n) is 4.58. The van der Waals surface area contributed by atoms with Crippen LogP contribution in [0.5, 0.6) is 0 Å². The van der Waals surface area contributed by atoms with Gasteiger partial charge in [-0.1, -0.05) is 12.7 Å². The van der Waals surface area contributed by atoms with Crippen molar-refractivity contribution in [2.75, 3.05) is 12.3 Å². The highest BCUT2D eigenvalue weighted by Gasteiger charge is 2.16. The third-order valence-corrected chi connectivity index (χ3v) is 1.88. The number of nitrogen functional groups attached to an aromatic ring is 1. The SMILES string of the molecule is C=CCOC(=O)c1nc2nc(F)nc(N)c2[nH]1. The third kappa shape index (κ3) is 2.05. The van der Waals surface area contributed by atoms with Gasteiger partial charge in [0.15, 0.2) is 11.5 Å². The molecule has 8 heteroatoms. The maximum absolute atomic E-state index is 12.8. The standard InChI is InChI=1S/C9H8FN5O2/c1-2-3-17-8(16)7-12-4-5(11)13-9(10)15-6(4)14-7/h2H,1,3H2,(H3,11,12,13,14,15). The number of esters is 1. The van der Waals surface area contributed by atoms with E-state index in [9.17, 15) is 9.18 Å². The molecule has 17 heavy (non-hydrogen) atoms. The average Bonchev–Trinajstić information content (AvgIpc) is 2.69. The number of rotatable bonds is 3. The number of aromatic amines is 1. The van der Waals surface area contributed by atoms with Gasteiger partial charge in [-0.15, -0.1) is 0 Å². The largest absolute Gasteiger partial charge is 0.456 e. The zero-order chi connectivity index (χ0) is 12.4. The Balaban J connectivity index is 2.41. The first kappa shape index (κ1) is 11.0. The van der Waals surface area contributed by atoms with E-state index in [-0.39, 0.29) is 29.4 Å². The van der Waals surface area contributed by atoms with Crippen LogP contribution in [-0.4, -0.2) is 32.5 Å². The minimum atomic E-state index is -1.01. The Kier molecular flexibility index (Phi) is 2.69. The van der Waals surface area contributed by atoms with E-state index in [1.54, 1.807) is 0 Å². The van der Waals surface area contributed by atoms with Gasteiger partial charge < -0.3 is 15.5 Å². The van der Waals surface area contributed by atoms with Crippen LogP contribution < -0.4 is 5.73 Å². The summed E-state index contributed by atoms with van der Waals surface area (Å²) in [4.78, 5) is 24.4. The molecule has 0 aliphatic carbocycles. The fraction of sp³-hybridized carbons (Fsp3) is 0.111. The summed E-state index contributed by atoms with van der Waals surface area (Å²) in [6.07, 6.45) is 0.404. The molecule has 2 aromatic rings. The van der Waals surface area contributed by atoms with E-state index in [0.29, 0.717) is 0 Å². The molecular formula is C9H8FN5O2. The van der Waals surface area contributed by atoms with E-state index in [2.05, 4.69) is 26.5 Å². The highest BCUT2D eigenvalue weighted by molar-refractivity contribution is 5.91. The van der Waals surface area contributed by atoms with Gasteiger partial charge in [0.2, 0.25) is 5.82 Å². The zero-order valence-corrected chi connectivity index (χ0v) is 8.61. The lowest BCUT2D eigenvalue weighted by Crippen LogP contribution is -2.06. The number of nitrogens with zero attached hydrogens (tertiary/aromatic N) is 3. The van der Waals surface area contributed by atoms with Crippen LogP contribution in [0.4, 0.5) is 10.2 Å². The van der Waals surface area contributed by atoms with Gasteiger partial charge >= 0.3 is 12.0 Å². The molecule has 0 fully saturated rings. The Morgan fingerprint density at radius 2 is 2.29 bits per heavy atom. The number of anilines is 1. The number of carbonyl (C=O) groups excluding carboxylic acids is 1. The molecule has 0 saturated heterocycles. The molecule has 0 amide bonds. The Morgan fingerprint density at radius 1 is 1.53 bits per heavy atom. The first-order chi connectivity index (χ1) is 8.11. The van der Waals surface area contributed by atoms with Gasteiger partial charge in [0, 0.05) is 0 Å². The summed E-state index contributed by atoms with van der Waals surface area (Å²) in [6.45, 7) is 3.44. The molecule has 0 spiro atoms. The molecule has 0 bridgehead atoms. The number of H-pyrrole nitrogens is 1. The van der Waals surface area contributed by atoms with Crippen LogP contribution in [0, 0.1) is 6.08 Å². The summed E-state index contributed by atoms with van der Waals surface area (Å²) in [7, 11) is 0. The lowest BCUT2D eigenvalue weighted by molar-refractivity contribution is 0.0537. The van der Waals surface area contributed by atoms with Crippen molar-refractivity contribution in [2.45, 2.75) is 0 Å². The molecule has 2 heterocycles. The molecule has 0 aliphatic heterocycles. The topological polar surface area (TPSA) is 107 Å². The Hall–Kier alpha value is -2.51. The maximum Gasteiger partial charge on any atom is 0.374 e. The lowest BCUT2D eigenvalue weighted by atomic mass is 10.5. The molecular weight excluding hydrogens is 229 g/mol. The summed E-state index contributed by atoms with van der Waals surface area (Å²) < 4.78 is 17.6. The van der Waals surface area contributed by atoms with E-state index < -0.39 is 12.0 Å². The van der Waals surface area contributed by atoms with Gasteiger partial charge in [-0.2, -0.15) is 14.4 Å². The second-order valence-electron chi connectivity index (χ2n) is 3.05. The number of ether oxygens (including phenoxy) is 1. The second kappa shape index (κ2) is 4.16. The molecule has 0 saturated carbocycles. The van der Waals surface area contributed by atoms with Gasteiger partial charge in [0.25, 0.3) is 0 Å². The summed E-state index contributed by atoms with van der Waals surface area (Å²) >= 11 is 0. The molecule has 0 radical (unpaired) electrons. The Labute approximate surface area is 94.5 Å². The van der Waals surface area contributed by atoms with Crippen molar-refractivity contribution in [1.82, 2.24) is 19.9 Å². The van der Waals surface area contributed by atoms with E-state index >= 15 is 0 Å². The van der Waals surface area contributed by atoms with E-state index in [0.717, 1.165) is 0 Å². The molecule has 0 aliphatic rings. The predicted molar refractivity (Wildman–Crippen MR) is 56.5 cm³/mol. The van der Waals surface area contributed by atoms with E-state index in [1.165, 1.54) is 6.08 Å². The predicted octanol–water partition coefficient (Wildman–Crippen LogP) is 0.417. The summed E-state index contributed by atoms with van der Waals surface area (Å²) in [5.41, 5.74) is 5.60. The molecule has 0 unspecified atom stereocenters. The van der Waals surface area contributed by atoms with Crippen molar-refractivity contribution < 1.29 is 13.9 Å². The number of nitrogens with two attached hydrogens (primary N) is 1. The molecule has 0 atom stereocenters. The number of imidazole rings is 1. The highest BCUT2D eigenvalue weighted by Crippen LogP contribution is 2.15. The molecule has 2 rings (SSSR count). The van der Waals surface area contributed by atoms with Crippen molar-refractivity contribution in [3.63, 3.8) is 0 Å². The van der Waals surface area contributed by atoms with Crippen LogP contribution in [0.3, 0.4) is 0 Å². The van der Waals surface area contributed by atoms with Crippen molar-refractivity contribution in [3.05, 3.63) is 24.6 Å². The average molecular weight is 237 g/mol. The Morgan fingerprint density at radius 3 is 3.00 bits per heavy atom. The van der Waals surface area contributed by atoms with Crippen molar-refractivity contribution in [3.8, 4) is 0 Å². The summed E-state index contributed by atoms with van der Waals surface area (Å²) in [5, 5.41) is 0. The van der Waals surface area contributed by atoms with Gasteiger partial charge in [-0.05, 0) is 0 Å². The van der Waals surface area contributed by atoms with Crippen LogP contribution >= 0.6 is 0 Å². The van der Waals surface area contributed by atoms with E-state index in [1.807, 2.05) is 0 Å². The van der Waals surface area contributed by atoms with Crippen LogP contribution in [0.2, 0.25) is 0 Å². The van der Waals surface area contributed by atoms with Crippen LogP contribution in [0.15, 0.2) is 12.7 Å². The number of nitrogens with one attached hydrogen (secondary N) is 1. The smallest absolute Gasteiger partial charge is 0.374 e. The van der Waals surface area contributed by atoms with Crippen LogP contribution in [0.25, 0.3) is 11.2 Å². The van der Waals surface area contributed by atoms with Gasteiger partial charge in [-0.3, -0.25) is 0 Å². The number of aromatic nitrogens is 4. The highest BCUT2D eigenvalue weighted by atomic mass is 19.1. The molecule has 0 aromatic carbocycles. The molecule has 3 N–H and O–H groups in total. The number of fused-ring (bicyclic) bond motifs is 1. The number of hydrogen-bond acceptors (Lipinski definition) is 6. The maximum atomic E-state index is 12.8. The minimum Gasteiger partial charge on any atom is -0.456 e. The molecule has 88 valence electrons. The lowest BCUT2D eigenvalue weighted by Gasteiger charge is -1.96. The third-order valence-electron chi connectivity index (χ3n) is 1.88. The van der Waals surface area contributed by atoms with Gasteiger partial charge in [0.1, 0.15) is 12.1 Å². The number of carbonyl (C=O) groups is 1. The summed E-state index contributed by atoms with van der Waals surface area (Å²) in [5.74, 6) is -0.945. The quantitative estimate of drug-likeness (QED) is 0.455. The summed E-state index contributed by atoms with van der Waals surface area (Å²) in [6, 6.07) is 0. The fourth-order valence-electron chi connectivity index (χ4n) is 1.19. The number of hydrogen-bond donors (Lipinski definition) is 2. The molecule has 7 nitrogen and oxygen atoms in total. The van der Waals surface area contributed by atoms with Crippen molar-refractivity contribution >= 4 is 23.0 Å². The van der Waals surface area contributed by atoms with Crippen LogP contribution in [-0.2, 0) is 4.74 Å². The number of halogens is 1. The zero-order valence-electron chi connectivity index (χ0n) is 8.61. The normalized spacial score (nSPS) is 10.4. The van der Waals surface area contributed by atoms with Crippen molar-refractivity contribution in [1.29, 1.82) is 0 Å². The van der Waals surface area contributed by atoms with E-state index in [4.69, 9.17) is 10.5 Å². The van der Waals surface area contributed by atoms with Gasteiger partial charge in [0.05, 0.1) is 0 Å². The van der Waals surface area contributed by atoms with Gasteiger partial charge in [-0.25, -0.2) is 9.78 Å². The first-order valence-corrected chi connectivity index (χ1v) is 4.58. The molecule has 2 aromatic heterocycles.